The summed E-state index contributed by atoms with van der Waals surface area (Å²) < 4.78 is 1.81. The van der Waals surface area contributed by atoms with E-state index in [1.54, 1.807) is 6.07 Å². The van der Waals surface area contributed by atoms with E-state index in [0.717, 1.165) is 20.3 Å². The lowest BCUT2D eigenvalue weighted by molar-refractivity contribution is -0.384. The second-order valence-corrected chi connectivity index (χ2v) is 8.19. The van der Waals surface area contributed by atoms with Crippen LogP contribution in [0.3, 0.4) is 0 Å². The molecule has 1 unspecified atom stereocenters. The highest BCUT2D eigenvalue weighted by Gasteiger charge is 2.30. The fourth-order valence-electron chi connectivity index (χ4n) is 3.13. The SMILES string of the molecule is NC1C(Nc2cccc(Br)c2)=Nc2cc([N+](=O)[O-])ccc2N1c1cccc(Br)c1. The zero-order chi connectivity index (χ0) is 20.5. The molecule has 0 radical (unpaired) electrons. The van der Waals surface area contributed by atoms with Crippen molar-refractivity contribution in [3.63, 3.8) is 0 Å². The number of hydrogen-bond acceptors (Lipinski definition) is 6. The van der Waals surface area contributed by atoms with E-state index in [-0.39, 0.29) is 5.69 Å². The van der Waals surface area contributed by atoms with Gasteiger partial charge in [-0.15, -0.1) is 0 Å². The van der Waals surface area contributed by atoms with Crippen molar-refractivity contribution >= 4 is 66.1 Å². The molecule has 1 aliphatic heterocycles. The Kier molecular flexibility index (Phi) is 5.35. The Bertz CT molecular complexity index is 1140. The van der Waals surface area contributed by atoms with Crippen LogP contribution in [0.15, 0.2) is 80.7 Å². The number of rotatable bonds is 3. The van der Waals surface area contributed by atoms with E-state index in [1.165, 1.54) is 12.1 Å². The van der Waals surface area contributed by atoms with E-state index in [1.807, 2.05) is 53.4 Å². The van der Waals surface area contributed by atoms with Gasteiger partial charge >= 0.3 is 0 Å². The number of halogens is 2. The predicted molar refractivity (Wildman–Crippen MR) is 122 cm³/mol. The molecule has 146 valence electrons. The van der Waals surface area contributed by atoms with Crippen LogP contribution in [0.4, 0.5) is 28.4 Å². The van der Waals surface area contributed by atoms with Crippen LogP contribution in [-0.4, -0.2) is 16.9 Å². The van der Waals surface area contributed by atoms with E-state index in [0.29, 0.717) is 17.2 Å². The summed E-state index contributed by atoms with van der Waals surface area (Å²) in [5.74, 6) is 0.482. The van der Waals surface area contributed by atoms with Crippen molar-refractivity contribution in [1.82, 2.24) is 0 Å². The fourth-order valence-corrected chi connectivity index (χ4v) is 3.91. The van der Waals surface area contributed by atoms with Gasteiger partial charge in [0, 0.05) is 32.5 Å². The maximum absolute atomic E-state index is 11.2. The van der Waals surface area contributed by atoms with Crippen molar-refractivity contribution in [3.05, 3.63) is 85.8 Å². The van der Waals surface area contributed by atoms with Gasteiger partial charge in [-0.3, -0.25) is 10.1 Å². The summed E-state index contributed by atoms with van der Waals surface area (Å²) in [4.78, 5) is 17.3. The van der Waals surface area contributed by atoms with E-state index < -0.39 is 11.1 Å². The molecule has 1 atom stereocenters. The maximum Gasteiger partial charge on any atom is 0.271 e. The number of nitro benzene ring substituents is 1. The summed E-state index contributed by atoms with van der Waals surface area (Å²) in [5, 5.41) is 14.5. The molecule has 0 bridgehead atoms. The van der Waals surface area contributed by atoms with Crippen molar-refractivity contribution in [2.45, 2.75) is 6.17 Å². The fraction of sp³-hybridized carbons (Fsp3) is 0.0500. The largest absolute Gasteiger partial charge is 0.341 e. The Morgan fingerprint density at radius 3 is 2.45 bits per heavy atom. The Hall–Kier alpha value is -2.75. The van der Waals surface area contributed by atoms with Crippen LogP contribution in [0.25, 0.3) is 0 Å². The minimum absolute atomic E-state index is 0.0287. The maximum atomic E-state index is 11.2. The molecule has 0 aliphatic carbocycles. The number of nitrogens with one attached hydrogen (secondary N) is 1. The van der Waals surface area contributed by atoms with Gasteiger partial charge in [0.1, 0.15) is 12.0 Å². The summed E-state index contributed by atoms with van der Waals surface area (Å²) in [6, 6.07) is 19.9. The molecule has 3 N–H and O–H groups in total. The Balaban J connectivity index is 1.83. The van der Waals surface area contributed by atoms with Crippen LogP contribution in [0.5, 0.6) is 0 Å². The van der Waals surface area contributed by atoms with Crippen LogP contribution >= 0.6 is 31.9 Å². The number of nitro groups is 1. The highest BCUT2D eigenvalue weighted by molar-refractivity contribution is 9.10. The molecule has 3 aromatic carbocycles. The van der Waals surface area contributed by atoms with E-state index in [4.69, 9.17) is 5.73 Å². The molecule has 0 aromatic heterocycles. The van der Waals surface area contributed by atoms with Gasteiger partial charge in [0.15, 0.2) is 0 Å². The van der Waals surface area contributed by atoms with Gasteiger partial charge in [-0.05, 0) is 42.5 Å². The number of amidine groups is 1. The third-order valence-corrected chi connectivity index (χ3v) is 5.40. The standard InChI is InChI=1S/C20H15Br2N5O2/c21-12-3-1-5-14(9-12)24-20-19(23)26(15-6-2-4-13(22)10-15)18-8-7-16(27(28)29)11-17(18)25-20/h1-11,19H,23H2,(H,24,25). The highest BCUT2D eigenvalue weighted by Crippen LogP contribution is 2.41. The summed E-state index contributed by atoms with van der Waals surface area (Å²) >= 11 is 6.94. The summed E-state index contributed by atoms with van der Waals surface area (Å²) in [6.45, 7) is 0. The number of hydrogen-bond donors (Lipinski definition) is 2. The topological polar surface area (TPSA) is 96.8 Å². The first kappa shape index (κ1) is 19.6. The van der Waals surface area contributed by atoms with Crippen molar-refractivity contribution in [2.24, 2.45) is 10.7 Å². The molecular formula is C20H15Br2N5O2. The Morgan fingerprint density at radius 2 is 1.76 bits per heavy atom. The molecule has 0 saturated heterocycles. The molecule has 1 heterocycles. The van der Waals surface area contributed by atoms with E-state index in [9.17, 15) is 10.1 Å². The van der Waals surface area contributed by atoms with Crippen LogP contribution in [-0.2, 0) is 0 Å². The summed E-state index contributed by atoms with van der Waals surface area (Å²) in [6.07, 6.45) is -0.614. The van der Waals surface area contributed by atoms with Gasteiger partial charge in [0.05, 0.1) is 16.3 Å². The number of non-ortho nitro benzene ring substituents is 1. The third-order valence-electron chi connectivity index (χ3n) is 4.41. The van der Waals surface area contributed by atoms with Gasteiger partial charge in [-0.2, -0.15) is 0 Å². The Morgan fingerprint density at radius 1 is 1.03 bits per heavy atom. The van der Waals surface area contributed by atoms with Crippen LogP contribution in [0.2, 0.25) is 0 Å². The molecule has 0 saturated carbocycles. The van der Waals surface area contributed by atoms with Gasteiger partial charge in [-0.25, -0.2) is 4.99 Å². The average Bonchev–Trinajstić information content (AvgIpc) is 2.68. The lowest BCUT2D eigenvalue weighted by atomic mass is 10.1. The average molecular weight is 517 g/mol. The zero-order valence-corrected chi connectivity index (χ0v) is 18.1. The second-order valence-electron chi connectivity index (χ2n) is 6.36. The number of nitrogens with zero attached hydrogens (tertiary/aromatic N) is 3. The van der Waals surface area contributed by atoms with Crippen LogP contribution in [0.1, 0.15) is 0 Å². The normalized spacial score (nSPS) is 15.5. The second kappa shape index (κ2) is 7.94. The first-order valence-corrected chi connectivity index (χ1v) is 10.2. The molecule has 0 spiro atoms. The van der Waals surface area contributed by atoms with Crippen molar-refractivity contribution in [1.29, 1.82) is 0 Å². The molecule has 0 fully saturated rings. The lowest BCUT2D eigenvalue weighted by Crippen LogP contribution is -2.49. The number of anilines is 3. The van der Waals surface area contributed by atoms with Crippen LogP contribution in [0, 0.1) is 10.1 Å². The van der Waals surface area contributed by atoms with Crippen molar-refractivity contribution in [3.8, 4) is 0 Å². The predicted octanol–water partition coefficient (Wildman–Crippen LogP) is 5.70. The highest BCUT2D eigenvalue weighted by atomic mass is 79.9. The van der Waals surface area contributed by atoms with Crippen molar-refractivity contribution < 1.29 is 4.92 Å². The van der Waals surface area contributed by atoms with Gasteiger partial charge in [-0.1, -0.05) is 44.0 Å². The molecule has 4 rings (SSSR count). The number of nitrogens with two attached hydrogens (primary N) is 1. The Labute approximate surface area is 183 Å². The molecule has 1 aliphatic rings. The van der Waals surface area contributed by atoms with E-state index >= 15 is 0 Å². The smallest absolute Gasteiger partial charge is 0.271 e. The zero-order valence-electron chi connectivity index (χ0n) is 14.9. The van der Waals surface area contributed by atoms with Gasteiger partial charge in [0.2, 0.25) is 0 Å². The number of aliphatic imine (C=N–C) groups is 1. The van der Waals surface area contributed by atoms with Crippen molar-refractivity contribution in [2.75, 3.05) is 10.2 Å². The third kappa shape index (κ3) is 4.02. The number of fused-ring (bicyclic) bond motifs is 1. The first-order chi connectivity index (χ1) is 13.9. The van der Waals surface area contributed by atoms with Crippen LogP contribution < -0.4 is 16.0 Å². The summed E-state index contributed by atoms with van der Waals surface area (Å²) in [5.41, 5.74) is 9.35. The summed E-state index contributed by atoms with van der Waals surface area (Å²) in [7, 11) is 0. The minimum Gasteiger partial charge on any atom is -0.341 e. The minimum atomic E-state index is -0.614. The molecular weight excluding hydrogens is 502 g/mol. The quantitative estimate of drug-likeness (QED) is 0.344. The molecule has 0 amide bonds. The molecule has 29 heavy (non-hydrogen) atoms. The lowest BCUT2D eigenvalue weighted by Gasteiger charge is -2.36. The van der Waals surface area contributed by atoms with E-state index in [2.05, 4.69) is 42.2 Å². The molecule has 9 heteroatoms. The molecule has 7 nitrogen and oxygen atoms in total. The van der Waals surface area contributed by atoms with Gasteiger partial charge < -0.3 is 16.0 Å². The number of benzene rings is 3. The molecule has 3 aromatic rings. The first-order valence-electron chi connectivity index (χ1n) is 8.62. The monoisotopic (exact) mass is 515 g/mol. The van der Waals surface area contributed by atoms with Gasteiger partial charge in [0.25, 0.3) is 5.69 Å².